The first kappa shape index (κ1) is 17.5. The Morgan fingerprint density at radius 1 is 1.12 bits per heavy atom. The second kappa shape index (κ2) is 8.67. The lowest BCUT2D eigenvalue weighted by Crippen LogP contribution is -2.24. The molecule has 24 heavy (non-hydrogen) atoms. The van der Waals surface area contributed by atoms with E-state index < -0.39 is 0 Å². The van der Waals surface area contributed by atoms with E-state index in [0.717, 1.165) is 22.3 Å². The Morgan fingerprint density at radius 2 is 1.88 bits per heavy atom. The summed E-state index contributed by atoms with van der Waals surface area (Å²) in [5, 5.41) is 3.95. The number of rotatable bonds is 6. The minimum absolute atomic E-state index is 0.0664. The highest BCUT2D eigenvalue weighted by Crippen LogP contribution is 2.20. The van der Waals surface area contributed by atoms with Gasteiger partial charge in [0.05, 0.1) is 6.21 Å². The van der Waals surface area contributed by atoms with E-state index in [1.807, 2.05) is 75.4 Å². The van der Waals surface area contributed by atoms with Crippen LogP contribution in [-0.4, -0.2) is 18.7 Å². The maximum absolute atomic E-state index is 11.8. The number of carbonyl (C=O) groups excluding carboxylic acids is 1. The highest BCUT2D eigenvalue weighted by molar-refractivity contribution is 5.86. The Morgan fingerprint density at radius 3 is 2.62 bits per heavy atom. The minimum atomic E-state index is -0.292. The molecule has 1 N–H and O–H groups in total. The number of amides is 1. The summed E-state index contributed by atoms with van der Waals surface area (Å²) in [5.74, 6) is 0.425. The van der Waals surface area contributed by atoms with Crippen LogP contribution >= 0.6 is 0 Å². The standard InChI is InChI=1S/C20H22N2O2/c1-15(12-18-9-5-4-6-10-18)13-21-22-20(23)14-24-19-11-7-8-16(2)17(19)3/h4-13H,14H2,1-3H3,(H,22,23)/b15-12+,21-13+. The van der Waals surface area contributed by atoms with E-state index >= 15 is 0 Å². The fourth-order valence-corrected chi connectivity index (χ4v) is 2.11. The predicted octanol–water partition coefficient (Wildman–Crippen LogP) is 3.89. The van der Waals surface area contributed by atoms with E-state index in [4.69, 9.17) is 4.74 Å². The van der Waals surface area contributed by atoms with E-state index in [-0.39, 0.29) is 12.5 Å². The van der Waals surface area contributed by atoms with Gasteiger partial charge in [-0.3, -0.25) is 4.79 Å². The molecule has 124 valence electrons. The van der Waals surface area contributed by atoms with Crippen LogP contribution in [0.15, 0.2) is 59.2 Å². The van der Waals surface area contributed by atoms with E-state index in [9.17, 15) is 4.79 Å². The van der Waals surface area contributed by atoms with Crippen molar-refractivity contribution in [3.05, 3.63) is 70.8 Å². The van der Waals surface area contributed by atoms with Crippen molar-refractivity contribution < 1.29 is 9.53 Å². The Balaban J connectivity index is 1.82. The number of aryl methyl sites for hydroxylation is 1. The molecule has 0 bridgehead atoms. The smallest absolute Gasteiger partial charge is 0.277 e. The first-order chi connectivity index (χ1) is 11.6. The molecule has 0 aliphatic carbocycles. The molecule has 0 atom stereocenters. The lowest BCUT2D eigenvalue weighted by molar-refractivity contribution is -0.123. The van der Waals surface area contributed by atoms with Gasteiger partial charge in [0, 0.05) is 0 Å². The lowest BCUT2D eigenvalue weighted by atomic mass is 10.1. The minimum Gasteiger partial charge on any atom is -0.483 e. The number of nitrogens with one attached hydrogen (secondary N) is 1. The van der Waals surface area contributed by atoms with Gasteiger partial charge in [-0.1, -0.05) is 48.5 Å². The van der Waals surface area contributed by atoms with Gasteiger partial charge in [0.15, 0.2) is 6.61 Å². The van der Waals surface area contributed by atoms with Gasteiger partial charge in [-0.2, -0.15) is 5.10 Å². The summed E-state index contributed by atoms with van der Waals surface area (Å²) >= 11 is 0. The van der Waals surface area contributed by atoms with Crippen molar-refractivity contribution in [2.24, 2.45) is 5.10 Å². The zero-order valence-electron chi connectivity index (χ0n) is 14.2. The molecule has 0 fully saturated rings. The van der Waals surface area contributed by atoms with Crippen molar-refractivity contribution in [2.75, 3.05) is 6.61 Å². The van der Waals surface area contributed by atoms with Crippen molar-refractivity contribution >= 4 is 18.2 Å². The van der Waals surface area contributed by atoms with Crippen LogP contribution in [0.4, 0.5) is 0 Å². The molecular weight excluding hydrogens is 300 g/mol. The van der Waals surface area contributed by atoms with Crippen LogP contribution in [0, 0.1) is 13.8 Å². The number of allylic oxidation sites excluding steroid dienone is 1. The van der Waals surface area contributed by atoms with Crippen LogP contribution in [0.3, 0.4) is 0 Å². The lowest BCUT2D eigenvalue weighted by Gasteiger charge is -2.09. The molecule has 4 heteroatoms. The molecule has 0 radical (unpaired) electrons. The van der Waals surface area contributed by atoms with Crippen molar-refractivity contribution in [3.8, 4) is 5.75 Å². The predicted molar refractivity (Wildman–Crippen MR) is 98.1 cm³/mol. The molecule has 1 amide bonds. The Labute approximate surface area is 142 Å². The number of benzene rings is 2. The van der Waals surface area contributed by atoms with E-state index in [1.165, 1.54) is 0 Å². The van der Waals surface area contributed by atoms with E-state index in [2.05, 4.69) is 10.5 Å². The van der Waals surface area contributed by atoms with Gasteiger partial charge in [-0.05, 0) is 49.1 Å². The zero-order valence-corrected chi connectivity index (χ0v) is 14.2. The first-order valence-corrected chi connectivity index (χ1v) is 7.80. The summed E-state index contributed by atoms with van der Waals surface area (Å²) in [6, 6.07) is 15.7. The second-order valence-electron chi connectivity index (χ2n) is 5.58. The van der Waals surface area contributed by atoms with E-state index in [0.29, 0.717) is 5.75 Å². The number of hydrogen-bond donors (Lipinski definition) is 1. The van der Waals surface area contributed by atoms with Crippen molar-refractivity contribution in [1.82, 2.24) is 5.43 Å². The molecule has 0 unspecified atom stereocenters. The summed E-state index contributed by atoms with van der Waals surface area (Å²) < 4.78 is 5.53. The van der Waals surface area contributed by atoms with Gasteiger partial charge >= 0.3 is 0 Å². The van der Waals surface area contributed by atoms with Crippen molar-refractivity contribution in [2.45, 2.75) is 20.8 Å². The number of hydrogen-bond acceptors (Lipinski definition) is 3. The van der Waals surface area contributed by atoms with Gasteiger partial charge in [0.1, 0.15) is 5.75 Å². The quantitative estimate of drug-likeness (QED) is 0.648. The van der Waals surface area contributed by atoms with Crippen LogP contribution in [0.25, 0.3) is 6.08 Å². The molecule has 0 spiro atoms. The molecule has 2 aromatic rings. The second-order valence-corrected chi connectivity index (χ2v) is 5.58. The maximum Gasteiger partial charge on any atom is 0.277 e. The summed E-state index contributed by atoms with van der Waals surface area (Å²) in [7, 11) is 0. The van der Waals surface area contributed by atoms with Crippen molar-refractivity contribution in [1.29, 1.82) is 0 Å². The third-order valence-electron chi connectivity index (χ3n) is 3.57. The monoisotopic (exact) mass is 322 g/mol. The SMILES string of the molecule is CC(/C=N/NC(=O)COc1cccc(C)c1C)=C\c1ccccc1. The molecule has 0 saturated carbocycles. The molecule has 0 aromatic heterocycles. The average Bonchev–Trinajstić information content (AvgIpc) is 2.57. The Hall–Kier alpha value is -2.88. The van der Waals surface area contributed by atoms with Crippen LogP contribution in [-0.2, 0) is 4.79 Å². The van der Waals surface area contributed by atoms with Crippen LogP contribution in [0.2, 0.25) is 0 Å². The third kappa shape index (κ3) is 5.39. The molecular formula is C20H22N2O2. The average molecular weight is 322 g/mol. The van der Waals surface area contributed by atoms with Gasteiger partial charge in [0.2, 0.25) is 0 Å². The van der Waals surface area contributed by atoms with Gasteiger partial charge < -0.3 is 4.74 Å². The highest BCUT2D eigenvalue weighted by atomic mass is 16.5. The third-order valence-corrected chi connectivity index (χ3v) is 3.57. The first-order valence-electron chi connectivity index (χ1n) is 7.80. The topological polar surface area (TPSA) is 50.7 Å². The fraction of sp³-hybridized carbons (Fsp3) is 0.200. The van der Waals surface area contributed by atoms with E-state index in [1.54, 1.807) is 6.21 Å². The summed E-state index contributed by atoms with van der Waals surface area (Å²) in [5.41, 5.74) is 6.67. The summed E-state index contributed by atoms with van der Waals surface area (Å²) in [6.45, 7) is 5.84. The van der Waals surface area contributed by atoms with Crippen molar-refractivity contribution in [3.63, 3.8) is 0 Å². The molecule has 0 heterocycles. The Kier molecular flexibility index (Phi) is 6.32. The normalized spacial score (nSPS) is 11.5. The molecule has 2 rings (SSSR count). The van der Waals surface area contributed by atoms with Crippen LogP contribution in [0.1, 0.15) is 23.6 Å². The highest BCUT2D eigenvalue weighted by Gasteiger charge is 2.05. The fourth-order valence-electron chi connectivity index (χ4n) is 2.11. The van der Waals surface area contributed by atoms with Crippen LogP contribution < -0.4 is 10.2 Å². The number of nitrogens with zero attached hydrogens (tertiary/aromatic N) is 1. The molecule has 0 saturated heterocycles. The van der Waals surface area contributed by atoms with Gasteiger partial charge in [-0.15, -0.1) is 0 Å². The number of carbonyl (C=O) groups is 1. The maximum atomic E-state index is 11.8. The summed E-state index contributed by atoms with van der Waals surface area (Å²) in [4.78, 5) is 11.8. The van der Waals surface area contributed by atoms with Gasteiger partial charge in [-0.25, -0.2) is 5.43 Å². The molecule has 0 aliphatic heterocycles. The molecule has 2 aromatic carbocycles. The summed E-state index contributed by atoms with van der Waals surface area (Å²) in [6.07, 6.45) is 3.60. The molecule has 4 nitrogen and oxygen atoms in total. The zero-order chi connectivity index (χ0) is 17.4. The van der Waals surface area contributed by atoms with Gasteiger partial charge in [0.25, 0.3) is 5.91 Å². The number of hydrazone groups is 1. The largest absolute Gasteiger partial charge is 0.483 e. The number of ether oxygens (including phenoxy) is 1. The molecule has 0 aliphatic rings. The Bertz CT molecular complexity index is 749. The van der Waals surface area contributed by atoms with Crippen LogP contribution in [0.5, 0.6) is 5.75 Å².